The molecule has 8 heteroatoms. The molecule has 18 heavy (non-hydrogen) atoms. The maximum absolute atomic E-state index is 11.3. The van der Waals surface area contributed by atoms with Crippen molar-refractivity contribution < 1.29 is 17.9 Å². The van der Waals surface area contributed by atoms with E-state index >= 15 is 0 Å². The third kappa shape index (κ3) is 2.50. The topological polar surface area (TPSA) is 110 Å². The van der Waals surface area contributed by atoms with Crippen LogP contribution in [0.15, 0.2) is 23.1 Å². The summed E-state index contributed by atoms with van der Waals surface area (Å²) in [6.45, 7) is 0.757. The van der Waals surface area contributed by atoms with Crippen molar-refractivity contribution in [2.24, 2.45) is 0 Å². The van der Waals surface area contributed by atoms with Gasteiger partial charge < -0.3 is 5.32 Å². The summed E-state index contributed by atoms with van der Waals surface area (Å²) in [4.78, 5) is 9.54. The van der Waals surface area contributed by atoms with Crippen molar-refractivity contribution in [1.29, 1.82) is 0 Å². The predicted molar refractivity (Wildman–Crippen MR) is 62.9 cm³/mol. The third-order valence-electron chi connectivity index (χ3n) is 2.92. The standard InChI is InChI=1S/C10H12N2O5S/c13-12(14)7-3-4-8(9-2-1-5-11-9)10(6-7)18(15,16)17/h3-4,6,9,11H,1-2,5H2,(H,15,16,17). The quantitative estimate of drug-likeness (QED) is 0.487. The molecule has 1 unspecified atom stereocenters. The summed E-state index contributed by atoms with van der Waals surface area (Å²) in [5.74, 6) is 0. The molecule has 7 nitrogen and oxygen atoms in total. The molecular weight excluding hydrogens is 260 g/mol. The predicted octanol–water partition coefficient (Wildman–Crippen LogP) is 1.27. The molecule has 1 aliphatic rings. The Labute approximate surface area is 104 Å². The first-order valence-corrected chi connectivity index (χ1v) is 6.83. The first-order chi connectivity index (χ1) is 8.39. The van der Waals surface area contributed by atoms with Crippen molar-refractivity contribution in [3.8, 4) is 0 Å². The Balaban J connectivity index is 2.55. The van der Waals surface area contributed by atoms with Crippen LogP contribution >= 0.6 is 0 Å². The van der Waals surface area contributed by atoms with Gasteiger partial charge in [0.15, 0.2) is 0 Å². The first-order valence-electron chi connectivity index (χ1n) is 5.39. The molecule has 0 saturated carbocycles. The van der Waals surface area contributed by atoms with Crippen LogP contribution in [0.5, 0.6) is 0 Å². The highest BCUT2D eigenvalue weighted by atomic mass is 32.2. The van der Waals surface area contributed by atoms with Crippen molar-refractivity contribution in [3.05, 3.63) is 33.9 Å². The molecule has 0 radical (unpaired) electrons. The van der Waals surface area contributed by atoms with Crippen LogP contribution in [0.4, 0.5) is 5.69 Å². The lowest BCUT2D eigenvalue weighted by molar-refractivity contribution is -0.385. The summed E-state index contributed by atoms with van der Waals surface area (Å²) in [5, 5.41) is 13.7. The number of hydrogen-bond acceptors (Lipinski definition) is 5. The SMILES string of the molecule is O=[N+]([O-])c1ccc(C2CCCN2)c(S(=O)(=O)O)c1. The Morgan fingerprint density at radius 2 is 2.17 bits per heavy atom. The second-order valence-corrected chi connectivity index (χ2v) is 5.49. The molecule has 1 saturated heterocycles. The van der Waals surface area contributed by atoms with Gasteiger partial charge in [0.25, 0.3) is 15.8 Å². The van der Waals surface area contributed by atoms with E-state index in [4.69, 9.17) is 4.55 Å². The minimum Gasteiger partial charge on any atom is -0.310 e. The molecule has 98 valence electrons. The van der Waals surface area contributed by atoms with Gasteiger partial charge in [-0.2, -0.15) is 8.42 Å². The summed E-state index contributed by atoms with van der Waals surface area (Å²) < 4.78 is 31.7. The van der Waals surface area contributed by atoms with E-state index in [2.05, 4.69) is 5.32 Å². The average molecular weight is 272 g/mol. The third-order valence-corrected chi connectivity index (χ3v) is 3.83. The smallest absolute Gasteiger partial charge is 0.295 e. The minimum atomic E-state index is -4.47. The molecule has 1 heterocycles. The second kappa shape index (κ2) is 4.63. The van der Waals surface area contributed by atoms with E-state index in [-0.39, 0.29) is 11.7 Å². The minimum absolute atomic E-state index is 0.192. The number of rotatable bonds is 3. The fraction of sp³-hybridized carbons (Fsp3) is 0.400. The normalized spacial score (nSPS) is 19.9. The fourth-order valence-electron chi connectivity index (χ4n) is 2.10. The van der Waals surface area contributed by atoms with E-state index in [0.29, 0.717) is 5.56 Å². The van der Waals surface area contributed by atoms with Crippen molar-refractivity contribution in [3.63, 3.8) is 0 Å². The van der Waals surface area contributed by atoms with Crippen LogP contribution in [0.1, 0.15) is 24.4 Å². The maximum atomic E-state index is 11.3. The lowest BCUT2D eigenvalue weighted by atomic mass is 10.1. The van der Waals surface area contributed by atoms with E-state index < -0.39 is 19.9 Å². The molecule has 1 aliphatic heterocycles. The Bertz CT molecular complexity index is 578. The Kier molecular flexibility index (Phi) is 3.33. The molecule has 1 atom stereocenters. The molecule has 1 fully saturated rings. The summed E-state index contributed by atoms with van der Waals surface area (Å²) in [5.41, 5.74) is 0.0185. The van der Waals surface area contributed by atoms with Gasteiger partial charge in [0.1, 0.15) is 4.90 Å². The largest absolute Gasteiger partial charge is 0.310 e. The first kappa shape index (κ1) is 12.9. The number of hydrogen-bond donors (Lipinski definition) is 2. The number of nitrogens with zero attached hydrogens (tertiary/aromatic N) is 1. The van der Waals surface area contributed by atoms with Gasteiger partial charge >= 0.3 is 0 Å². The summed E-state index contributed by atoms with van der Waals surface area (Å²) in [6, 6.07) is 3.32. The van der Waals surface area contributed by atoms with Crippen LogP contribution in [0.3, 0.4) is 0 Å². The number of nitro groups is 1. The van der Waals surface area contributed by atoms with Gasteiger partial charge in [-0.15, -0.1) is 0 Å². The van der Waals surface area contributed by atoms with Crippen molar-refractivity contribution in [2.45, 2.75) is 23.8 Å². The number of benzene rings is 1. The molecule has 1 aromatic rings. The maximum Gasteiger partial charge on any atom is 0.295 e. The monoisotopic (exact) mass is 272 g/mol. The molecule has 2 N–H and O–H groups in total. The summed E-state index contributed by atoms with van der Waals surface area (Å²) >= 11 is 0. The molecule has 0 spiro atoms. The van der Waals surface area contributed by atoms with Gasteiger partial charge in [-0.25, -0.2) is 0 Å². The zero-order valence-electron chi connectivity index (χ0n) is 9.37. The number of nitrogens with one attached hydrogen (secondary N) is 1. The van der Waals surface area contributed by atoms with Gasteiger partial charge in [-0.1, -0.05) is 0 Å². The zero-order chi connectivity index (χ0) is 13.3. The Hall–Kier alpha value is -1.51. The summed E-state index contributed by atoms with van der Waals surface area (Å²) in [6.07, 6.45) is 1.63. The van der Waals surface area contributed by atoms with Gasteiger partial charge in [-0.3, -0.25) is 14.7 Å². The average Bonchev–Trinajstić information content (AvgIpc) is 2.80. The van der Waals surface area contributed by atoms with E-state index in [1.165, 1.54) is 12.1 Å². The molecule has 2 rings (SSSR count). The van der Waals surface area contributed by atoms with E-state index in [1.54, 1.807) is 0 Å². The Morgan fingerprint density at radius 3 is 2.67 bits per heavy atom. The highest BCUT2D eigenvalue weighted by Gasteiger charge is 2.26. The van der Waals surface area contributed by atoms with E-state index in [9.17, 15) is 18.5 Å². The molecule has 0 aromatic heterocycles. The molecular formula is C10H12N2O5S. The van der Waals surface area contributed by atoms with Crippen molar-refractivity contribution in [2.75, 3.05) is 6.54 Å². The molecule has 0 bridgehead atoms. The van der Waals surface area contributed by atoms with Crippen LogP contribution in [0.2, 0.25) is 0 Å². The number of nitro benzene ring substituents is 1. The van der Waals surface area contributed by atoms with Crippen LogP contribution in [-0.2, 0) is 10.1 Å². The van der Waals surface area contributed by atoms with Crippen molar-refractivity contribution in [1.82, 2.24) is 5.32 Å². The lowest BCUT2D eigenvalue weighted by Crippen LogP contribution is -2.16. The number of non-ortho nitro benzene ring substituents is 1. The molecule has 0 aliphatic carbocycles. The highest BCUT2D eigenvalue weighted by Crippen LogP contribution is 2.31. The van der Waals surface area contributed by atoms with Crippen LogP contribution < -0.4 is 5.32 Å². The van der Waals surface area contributed by atoms with Crippen LogP contribution in [0, 0.1) is 10.1 Å². The van der Waals surface area contributed by atoms with Crippen LogP contribution in [-0.4, -0.2) is 24.4 Å². The fourth-order valence-corrected chi connectivity index (χ4v) is 2.88. The lowest BCUT2D eigenvalue weighted by Gasteiger charge is -2.13. The van der Waals surface area contributed by atoms with Crippen molar-refractivity contribution >= 4 is 15.8 Å². The van der Waals surface area contributed by atoms with Gasteiger partial charge in [-0.05, 0) is 31.0 Å². The second-order valence-electron chi connectivity index (χ2n) is 4.10. The molecule has 0 amide bonds. The van der Waals surface area contributed by atoms with Gasteiger partial charge in [0.2, 0.25) is 0 Å². The van der Waals surface area contributed by atoms with Gasteiger partial charge in [0.05, 0.1) is 4.92 Å². The zero-order valence-corrected chi connectivity index (χ0v) is 10.2. The Morgan fingerprint density at radius 1 is 1.44 bits per heavy atom. The summed E-state index contributed by atoms with van der Waals surface area (Å²) in [7, 11) is -4.47. The highest BCUT2D eigenvalue weighted by molar-refractivity contribution is 7.85. The van der Waals surface area contributed by atoms with E-state index in [1.807, 2.05) is 0 Å². The van der Waals surface area contributed by atoms with Gasteiger partial charge in [0, 0.05) is 18.2 Å². The van der Waals surface area contributed by atoms with Crippen LogP contribution in [0.25, 0.3) is 0 Å². The molecule has 1 aromatic carbocycles. The van der Waals surface area contributed by atoms with E-state index in [0.717, 1.165) is 25.5 Å².